The van der Waals surface area contributed by atoms with Crippen LogP contribution in [0, 0.1) is 0 Å². The summed E-state index contributed by atoms with van der Waals surface area (Å²) in [5, 5.41) is 1.16. The van der Waals surface area contributed by atoms with Gasteiger partial charge in [-0.05, 0) is 22.9 Å². The first-order valence-electron chi connectivity index (χ1n) is 5.02. The van der Waals surface area contributed by atoms with Gasteiger partial charge in [-0.1, -0.05) is 50.3 Å². The van der Waals surface area contributed by atoms with Gasteiger partial charge in [0.25, 0.3) is 0 Å². The summed E-state index contributed by atoms with van der Waals surface area (Å²) in [7, 11) is 0. The van der Waals surface area contributed by atoms with Crippen molar-refractivity contribution in [3.8, 4) is 0 Å². The smallest absolute Gasteiger partial charge is 0.236 e. The Labute approximate surface area is 93.4 Å². The van der Waals surface area contributed by atoms with E-state index >= 15 is 0 Å². The molecular formula is C13H14OS. The first kappa shape index (κ1) is 10.4. The Bertz CT molecular complexity index is 546. The van der Waals surface area contributed by atoms with Crippen molar-refractivity contribution < 1.29 is 0 Å². The minimum absolute atomic E-state index is 0.0718. The fourth-order valence-corrected chi connectivity index (χ4v) is 2.65. The third-order valence-electron chi connectivity index (χ3n) is 2.45. The van der Waals surface area contributed by atoms with Crippen LogP contribution in [0.4, 0.5) is 0 Å². The molecule has 0 aliphatic carbocycles. The van der Waals surface area contributed by atoms with Crippen molar-refractivity contribution in [2.24, 2.45) is 0 Å². The van der Waals surface area contributed by atoms with Gasteiger partial charge in [-0.2, -0.15) is 0 Å². The van der Waals surface area contributed by atoms with Crippen molar-refractivity contribution in [1.82, 2.24) is 0 Å². The SMILES string of the molecule is CC(C)(C)c1cc2ccccc2sc1=O. The van der Waals surface area contributed by atoms with Crippen LogP contribution in [0.15, 0.2) is 35.1 Å². The predicted molar refractivity (Wildman–Crippen MR) is 66.8 cm³/mol. The summed E-state index contributed by atoms with van der Waals surface area (Å²) in [6.45, 7) is 6.22. The van der Waals surface area contributed by atoms with E-state index in [9.17, 15) is 4.79 Å². The summed E-state index contributed by atoms with van der Waals surface area (Å²) in [5.74, 6) is 0. The molecule has 2 aromatic rings. The molecule has 0 saturated carbocycles. The molecule has 0 saturated heterocycles. The largest absolute Gasteiger partial charge is 0.277 e. The highest BCUT2D eigenvalue weighted by Crippen LogP contribution is 2.24. The van der Waals surface area contributed by atoms with E-state index < -0.39 is 0 Å². The first-order chi connectivity index (χ1) is 6.98. The van der Waals surface area contributed by atoms with E-state index in [2.05, 4.69) is 26.8 Å². The molecule has 0 aliphatic rings. The summed E-state index contributed by atoms with van der Waals surface area (Å²) in [4.78, 5) is 11.9. The molecule has 1 heterocycles. The van der Waals surface area contributed by atoms with Crippen LogP contribution in [0.25, 0.3) is 10.1 Å². The van der Waals surface area contributed by atoms with Gasteiger partial charge in [0.05, 0.1) is 0 Å². The minimum atomic E-state index is -0.0718. The van der Waals surface area contributed by atoms with Gasteiger partial charge in [-0.25, -0.2) is 0 Å². The Morgan fingerprint density at radius 2 is 1.80 bits per heavy atom. The van der Waals surface area contributed by atoms with Crippen molar-refractivity contribution >= 4 is 21.4 Å². The summed E-state index contributed by atoms with van der Waals surface area (Å²) in [6.07, 6.45) is 0. The molecule has 0 atom stereocenters. The van der Waals surface area contributed by atoms with Gasteiger partial charge in [0.1, 0.15) is 0 Å². The van der Waals surface area contributed by atoms with Gasteiger partial charge in [0.2, 0.25) is 4.74 Å². The predicted octanol–water partition coefficient (Wildman–Crippen LogP) is 3.56. The zero-order chi connectivity index (χ0) is 11.1. The molecule has 78 valence electrons. The number of hydrogen-bond donors (Lipinski definition) is 0. The van der Waals surface area contributed by atoms with Crippen LogP contribution in [-0.4, -0.2) is 0 Å². The van der Waals surface area contributed by atoms with Crippen LogP contribution in [0.5, 0.6) is 0 Å². The lowest BCUT2D eigenvalue weighted by molar-refractivity contribution is 0.588. The Hall–Kier alpha value is -1.15. The highest BCUT2D eigenvalue weighted by molar-refractivity contribution is 7.16. The highest BCUT2D eigenvalue weighted by Gasteiger charge is 2.18. The second-order valence-corrected chi connectivity index (χ2v) is 5.75. The Morgan fingerprint density at radius 3 is 2.47 bits per heavy atom. The third kappa shape index (κ3) is 1.95. The van der Waals surface area contributed by atoms with E-state index in [-0.39, 0.29) is 10.2 Å². The average Bonchev–Trinajstić information content (AvgIpc) is 2.15. The van der Waals surface area contributed by atoms with E-state index in [0.29, 0.717) is 0 Å². The lowest BCUT2D eigenvalue weighted by Crippen LogP contribution is -2.20. The van der Waals surface area contributed by atoms with Gasteiger partial charge in [-0.3, -0.25) is 4.79 Å². The van der Waals surface area contributed by atoms with Crippen LogP contribution in [-0.2, 0) is 5.41 Å². The van der Waals surface area contributed by atoms with Crippen LogP contribution in [0.1, 0.15) is 26.3 Å². The molecule has 1 nitrogen and oxygen atoms in total. The van der Waals surface area contributed by atoms with Gasteiger partial charge in [0, 0.05) is 10.3 Å². The first-order valence-corrected chi connectivity index (χ1v) is 5.83. The zero-order valence-corrected chi connectivity index (χ0v) is 10.0. The molecule has 0 radical (unpaired) electrons. The van der Waals surface area contributed by atoms with Gasteiger partial charge in [-0.15, -0.1) is 0 Å². The second kappa shape index (κ2) is 3.46. The Morgan fingerprint density at radius 1 is 1.13 bits per heavy atom. The van der Waals surface area contributed by atoms with E-state index in [1.165, 1.54) is 11.3 Å². The third-order valence-corrected chi connectivity index (χ3v) is 3.45. The number of benzene rings is 1. The molecule has 2 heteroatoms. The van der Waals surface area contributed by atoms with Crippen molar-refractivity contribution in [2.45, 2.75) is 26.2 Å². The van der Waals surface area contributed by atoms with Gasteiger partial charge >= 0.3 is 0 Å². The summed E-state index contributed by atoms with van der Waals surface area (Å²) in [5.41, 5.74) is 0.837. The molecule has 0 unspecified atom stereocenters. The molecular weight excluding hydrogens is 204 g/mol. The van der Waals surface area contributed by atoms with Crippen molar-refractivity contribution in [3.63, 3.8) is 0 Å². The average molecular weight is 218 g/mol. The van der Waals surface area contributed by atoms with E-state index in [1.54, 1.807) is 0 Å². The standard InChI is InChI=1S/C13H14OS/c1-13(2,3)10-8-9-6-4-5-7-11(9)15-12(10)14/h4-8H,1-3H3. The van der Waals surface area contributed by atoms with Gasteiger partial charge in [0.15, 0.2) is 0 Å². The lowest BCUT2D eigenvalue weighted by Gasteiger charge is -2.17. The molecule has 1 aromatic heterocycles. The molecule has 2 rings (SSSR count). The molecule has 0 bridgehead atoms. The normalized spacial score (nSPS) is 11.9. The maximum absolute atomic E-state index is 11.9. The topological polar surface area (TPSA) is 17.1 Å². The van der Waals surface area contributed by atoms with Crippen LogP contribution in [0.3, 0.4) is 0 Å². The molecule has 0 spiro atoms. The molecule has 15 heavy (non-hydrogen) atoms. The maximum Gasteiger partial charge on any atom is 0.236 e. The quantitative estimate of drug-likeness (QED) is 0.660. The van der Waals surface area contributed by atoms with E-state index in [1.807, 2.05) is 24.3 Å². The van der Waals surface area contributed by atoms with Gasteiger partial charge < -0.3 is 0 Å². The molecule has 1 aromatic carbocycles. The Kier molecular flexibility index (Phi) is 2.39. The second-order valence-electron chi connectivity index (χ2n) is 4.74. The van der Waals surface area contributed by atoms with Crippen molar-refractivity contribution in [3.05, 3.63) is 45.4 Å². The Balaban J connectivity index is 2.79. The molecule has 0 fully saturated rings. The summed E-state index contributed by atoms with van der Waals surface area (Å²) >= 11 is 1.34. The number of hydrogen-bond acceptors (Lipinski definition) is 2. The van der Waals surface area contributed by atoms with Crippen LogP contribution < -0.4 is 4.74 Å². The molecule has 0 N–H and O–H groups in total. The lowest BCUT2D eigenvalue weighted by atomic mass is 9.88. The minimum Gasteiger partial charge on any atom is -0.277 e. The number of fused-ring (bicyclic) bond motifs is 1. The van der Waals surface area contributed by atoms with Crippen LogP contribution in [0.2, 0.25) is 0 Å². The van der Waals surface area contributed by atoms with E-state index in [0.717, 1.165) is 15.6 Å². The fraction of sp³-hybridized carbons (Fsp3) is 0.308. The fourth-order valence-electron chi connectivity index (χ4n) is 1.58. The number of rotatable bonds is 0. The van der Waals surface area contributed by atoms with Crippen LogP contribution >= 0.6 is 11.3 Å². The molecule has 0 aliphatic heterocycles. The van der Waals surface area contributed by atoms with Crippen molar-refractivity contribution in [1.29, 1.82) is 0 Å². The van der Waals surface area contributed by atoms with Crippen molar-refractivity contribution in [2.75, 3.05) is 0 Å². The summed E-state index contributed by atoms with van der Waals surface area (Å²) < 4.78 is 1.25. The van der Waals surface area contributed by atoms with E-state index in [4.69, 9.17) is 0 Å². The highest BCUT2D eigenvalue weighted by atomic mass is 32.1. The summed E-state index contributed by atoms with van der Waals surface area (Å²) in [6, 6.07) is 10.0. The molecule has 0 amide bonds. The maximum atomic E-state index is 11.9. The zero-order valence-electron chi connectivity index (χ0n) is 9.20. The monoisotopic (exact) mass is 218 g/mol.